The topological polar surface area (TPSA) is 35.6 Å². The smallest absolute Gasteiger partial charge is 0.222 e. The average molecular weight is 321 g/mol. The number of hydrogen-bond donors (Lipinski definition) is 1. The zero-order valence-electron chi connectivity index (χ0n) is 14.4. The van der Waals surface area contributed by atoms with Gasteiger partial charge in [0.15, 0.2) is 0 Å². The number of hydrogen-bond acceptors (Lipinski definition) is 3. The molecule has 1 aromatic carbocycles. The minimum Gasteiger partial charge on any atom is -0.383 e. The van der Waals surface area contributed by atoms with Gasteiger partial charge in [-0.25, -0.2) is 4.39 Å². The van der Waals surface area contributed by atoms with E-state index in [-0.39, 0.29) is 17.8 Å². The maximum Gasteiger partial charge on any atom is 0.222 e. The third-order valence-electron chi connectivity index (χ3n) is 4.20. The fraction of sp³-hybridized carbons (Fsp3) is 0.611. The van der Waals surface area contributed by atoms with Crippen LogP contribution in [-0.4, -0.2) is 55.0 Å². The minimum absolute atomic E-state index is 0.191. The van der Waals surface area contributed by atoms with Crippen LogP contribution in [0.4, 0.5) is 10.1 Å². The van der Waals surface area contributed by atoms with Crippen LogP contribution in [-0.2, 0) is 11.2 Å². The monoisotopic (exact) mass is 321 g/mol. The van der Waals surface area contributed by atoms with E-state index in [2.05, 4.69) is 17.3 Å². The van der Waals surface area contributed by atoms with Gasteiger partial charge in [-0.15, -0.1) is 0 Å². The minimum atomic E-state index is -0.192. The number of likely N-dealkylation sites (N-methyl/N-ethyl adjacent to an activating group) is 1. The van der Waals surface area contributed by atoms with Crippen LogP contribution in [0, 0.1) is 5.82 Å². The molecule has 5 heteroatoms. The number of anilines is 1. The molecule has 1 fully saturated rings. The predicted molar refractivity (Wildman–Crippen MR) is 92.2 cm³/mol. The number of carbonyl (C=O) groups is 1. The molecule has 1 aliphatic rings. The molecular formula is C18H28FN3O. The van der Waals surface area contributed by atoms with Crippen LogP contribution in [0.3, 0.4) is 0 Å². The maximum absolute atomic E-state index is 14.1. The van der Waals surface area contributed by atoms with Crippen molar-refractivity contribution < 1.29 is 9.18 Å². The fourth-order valence-corrected chi connectivity index (χ4v) is 2.82. The largest absolute Gasteiger partial charge is 0.383 e. The van der Waals surface area contributed by atoms with Gasteiger partial charge in [-0.2, -0.15) is 0 Å². The second-order valence-electron chi connectivity index (χ2n) is 6.64. The first-order valence-electron chi connectivity index (χ1n) is 8.47. The van der Waals surface area contributed by atoms with Gasteiger partial charge in [-0.3, -0.25) is 4.79 Å². The lowest BCUT2D eigenvalue weighted by Crippen LogP contribution is -2.47. The first-order chi connectivity index (χ1) is 11.0. The third-order valence-corrected chi connectivity index (χ3v) is 4.20. The number of amides is 1. The summed E-state index contributed by atoms with van der Waals surface area (Å²) >= 11 is 0. The molecule has 1 N–H and O–H groups in total. The molecule has 23 heavy (non-hydrogen) atoms. The molecule has 0 unspecified atom stereocenters. The standard InChI is InChI=1S/C18H28FN3O/c1-14(2)20-16-8-7-15(17(19)13-16)5-4-6-18(23)22-11-9-21(3)10-12-22/h7-8,13-14,20H,4-6,9-12H2,1-3H3. The van der Waals surface area contributed by atoms with Gasteiger partial charge >= 0.3 is 0 Å². The molecule has 0 aromatic heterocycles. The summed E-state index contributed by atoms with van der Waals surface area (Å²) in [4.78, 5) is 16.3. The summed E-state index contributed by atoms with van der Waals surface area (Å²) in [7, 11) is 2.07. The highest BCUT2D eigenvalue weighted by molar-refractivity contribution is 5.76. The van der Waals surface area contributed by atoms with Crippen LogP contribution in [0.25, 0.3) is 0 Å². The second kappa shape index (κ2) is 8.29. The van der Waals surface area contributed by atoms with Crippen LogP contribution in [0.5, 0.6) is 0 Å². The molecular weight excluding hydrogens is 293 g/mol. The van der Waals surface area contributed by atoms with E-state index >= 15 is 0 Å². The SMILES string of the molecule is CC(C)Nc1ccc(CCCC(=O)N2CCN(C)CC2)c(F)c1. The highest BCUT2D eigenvalue weighted by Crippen LogP contribution is 2.17. The van der Waals surface area contributed by atoms with Crippen LogP contribution in [0.2, 0.25) is 0 Å². The maximum atomic E-state index is 14.1. The molecule has 1 amide bonds. The zero-order chi connectivity index (χ0) is 16.8. The van der Waals surface area contributed by atoms with E-state index in [0.717, 1.165) is 31.9 Å². The van der Waals surface area contributed by atoms with Crippen LogP contribution >= 0.6 is 0 Å². The summed E-state index contributed by atoms with van der Waals surface area (Å²) in [6, 6.07) is 5.54. The number of halogens is 1. The first-order valence-corrected chi connectivity index (χ1v) is 8.47. The van der Waals surface area contributed by atoms with E-state index < -0.39 is 0 Å². The van der Waals surface area contributed by atoms with E-state index in [1.807, 2.05) is 30.9 Å². The molecule has 1 heterocycles. The predicted octanol–water partition coefficient (Wildman–Crippen LogP) is 2.74. The molecule has 0 bridgehead atoms. The van der Waals surface area contributed by atoms with Crippen molar-refractivity contribution in [2.24, 2.45) is 0 Å². The second-order valence-corrected chi connectivity index (χ2v) is 6.64. The van der Waals surface area contributed by atoms with Gasteiger partial charge in [-0.05, 0) is 51.4 Å². The Kier molecular flexibility index (Phi) is 6.39. The Bertz CT molecular complexity index is 525. The number of rotatable bonds is 6. The molecule has 0 radical (unpaired) electrons. The van der Waals surface area contributed by atoms with Gasteiger partial charge in [0.05, 0.1) is 0 Å². The Balaban J connectivity index is 1.78. The van der Waals surface area contributed by atoms with Gasteiger partial charge in [-0.1, -0.05) is 6.07 Å². The summed E-state index contributed by atoms with van der Waals surface area (Å²) in [6.45, 7) is 7.53. The summed E-state index contributed by atoms with van der Waals surface area (Å²) in [6.07, 6.45) is 1.79. The average Bonchev–Trinajstić information content (AvgIpc) is 2.49. The van der Waals surface area contributed by atoms with E-state index in [9.17, 15) is 9.18 Å². The number of piperazine rings is 1. The summed E-state index contributed by atoms with van der Waals surface area (Å²) in [5.74, 6) is -0.000649. The molecule has 1 aromatic rings. The quantitative estimate of drug-likeness (QED) is 0.875. The van der Waals surface area contributed by atoms with Gasteiger partial charge < -0.3 is 15.1 Å². The number of nitrogens with one attached hydrogen (secondary N) is 1. The molecule has 1 aliphatic heterocycles. The Morgan fingerprint density at radius 1 is 1.26 bits per heavy atom. The summed E-state index contributed by atoms with van der Waals surface area (Å²) in [5.41, 5.74) is 1.49. The molecule has 0 aliphatic carbocycles. The summed E-state index contributed by atoms with van der Waals surface area (Å²) in [5, 5.41) is 3.19. The highest BCUT2D eigenvalue weighted by Gasteiger charge is 2.18. The summed E-state index contributed by atoms with van der Waals surface area (Å²) < 4.78 is 14.1. The third kappa shape index (κ3) is 5.50. The number of aryl methyl sites for hydroxylation is 1. The van der Waals surface area contributed by atoms with E-state index in [4.69, 9.17) is 0 Å². The highest BCUT2D eigenvalue weighted by atomic mass is 19.1. The van der Waals surface area contributed by atoms with Crippen molar-refractivity contribution in [3.63, 3.8) is 0 Å². The van der Waals surface area contributed by atoms with Crippen molar-refractivity contribution in [1.82, 2.24) is 9.80 Å². The van der Waals surface area contributed by atoms with Crippen molar-refractivity contribution in [3.05, 3.63) is 29.6 Å². The molecule has 1 saturated heterocycles. The normalized spacial score (nSPS) is 16.0. The van der Waals surface area contributed by atoms with Crippen LogP contribution < -0.4 is 5.32 Å². The Morgan fingerprint density at radius 3 is 2.57 bits per heavy atom. The lowest BCUT2D eigenvalue weighted by Gasteiger charge is -2.32. The van der Waals surface area contributed by atoms with Crippen molar-refractivity contribution in [3.8, 4) is 0 Å². The number of carbonyl (C=O) groups excluding carboxylic acids is 1. The lowest BCUT2D eigenvalue weighted by atomic mass is 10.1. The fourth-order valence-electron chi connectivity index (χ4n) is 2.82. The van der Waals surface area contributed by atoms with Gasteiger partial charge in [0.2, 0.25) is 5.91 Å². The number of benzene rings is 1. The number of nitrogens with zero attached hydrogens (tertiary/aromatic N) is 2. The lowest BCUT2D eigenvalue weighted by molar-refractivity contribution is -0.132. The molecule has 0 spiro atoms. The van der Waals surface area contributed by atoms with Crippen LogP contribution in [0.15, 0.2) is 18.2 Å². The van der Waals surface area contributed by atoms with Gasteiger partial charge in [0.1, 0.15) is 5.82 Å². The first kappa shape index (κ1) is 17.7. The van der Waals surface area contributed by atoms with E-state index in [1.165, 1.54) is 6.07 Å². The molecule has 0 saturated carbocycles. The Hall–Kier alpha value is -1.62. The molecule has 128 valence electrons. The Labute approximate surface area is 138 Å². The van der Waals surface area contributed by atoms with Gasteiger partial charge in [0.25, 0.3) is 0 Å². The Morgan fingerprint density at radius 2 is 1.96 bits per heavy atom. The van der Waals surface area contributed by atoms with Crippen molar-refractivity contribution in [1.29, 1.82) is 0 Å². The molecule has 4 nitrogen and oxygen atoms in total. The van der Waals surface area contributed by atoms with Gasteiger partial charge in [0, 0.05) is 44.3 Å². The zero-order valence-corrected chi connectivity index (χ0v) is 14.4. The van der Waals surface area contributed by atoms with Crippen molar-refractivity contribution in [2.75, 3.05) is 38.5 Å². The van der Waals surface area contributed by atoms with Crippen molar-refractivity contribution in [2.45, 2.75) is 39.2 Å². The van der Waals surface area contributed by atoms with E-state index in [0.29, 0.717) is 24.8 Å². The molecule has 2 rings (SSSR count). The van der Waals surface area contributed by atoms with E-state index in [1.54, 1.807) is 0 Å². The van der Waals surface area contributed by atoms with Crippen LogP contribution in [0.1, 0.15) is 32.3 Å². The van der Waals surface area contributed by atoms with Crippen molar-refractivity contribution >= 4 is 11.6 Å². The molecule has 0 atom stereocenters.